The molecule has 2 N–H and O–H groups in total. The van der Waals surface area contributed by atoms with Gasteiger partial charge in [0.2, 0.25) is 6.29 Å². The zero-order valence-corrected chi connectivity index (χ0v) is 27.0. The number of halogens is 1. The Kier molecular flexibility index (Phi) is 8.85. The average Bonchev–Trinajstić information content (AvgIpc) is 3.58. The second kappa shape index (κ2) is 13.4. The third-order valence-corrected chi connectivity index (χ3v) is 9.11. The SMILES string of the molecule is Cc1cc(NC(=O)C2=CC(c3cccc4c3Cc3ccccc3-4)CC(OCCOCCO)O2)ccc1N1C(=O)c2ccc(Cl)cc2C1=O. The lowest BCUT2D eigenvalue weighted by atomic mass is 9.87. The van der Waals surface area contributed by atoms with E-state index in [1.807, 2.05) is 24.3 Å². The van der Waals surface area contributed by atoms with Gasteiger partial charge in [0, 0.05) is 23.0 Å². The molecule has 0 aromatic heterocycles. The van der Waals surface area contributed by atoms with Crippen molar-refractivity contribution in [3.05, 3.63) is 129 Å². The van der Waals surface area contributed by atoms with Crippen molar-refractivity contribution in [1.82, 2.24) is 0 Å². The minimum atomic E-state index is -0.704. The van der Waals surface area contributed by atoms with E-state index in [1.54, 1.807) is 37.3 Å². The van der Waals surface area contributed by atoms with Gasteiger partial charge in [0.05, 0.1) is 43.2 Å². The number of ether oxygens (including phenoxy) is 3. The van der Waals surface area contributed by atoms with Crippen molar-refractivity contribution in [2.24, 2.45) is 0 Å². The molecule has 0 radical (unpaired) electrons. The number of rotatable bonds is 10. The highest BCUT2D eigenvalue weighted by Gasteiger charge is 2.38. The zero-order chi connectivity index (χ0) is 33.4. The van der Waals surface area contributed by atoms with Gasteiger partial charge in [-0.15, -0.1) is 0 Å². The summed E-state index contributed by atoms with van der Waals surface area (Å²) in [6, 6.07) is 24.3. The molecule has 3 aliphatic rings. The van der Waals surface area contributed by atoms with Crippen molar-refractivity contribution in [3.63, 3.8) is 0 Å². The Labute approximate surface area is 282 Å². The molecule has 3 amide bonds. The van der Waals surface area contributed by atoms with E-state index in [0.29, 0.717) is 33.9 Å². The maximum atomic E-state index is 13.7. The quantitative estimate of drug-likeness (QED) is 0.131. The number of carbonyl (C=O) groups excluding carboxylic acids is 3. The summed E-state index contributed by atoms with van der Waals surface area (Å²) < 4.78 is 17.4. The molecule has 7 rings (SSSR count). The molecule has 0 saturated heterocycles. The first-order chi connectivity index (χ1) is 23.3. The van der Waals surface area contributed by atoms with E-state index in [1.165, 1.54) is 28.3 Å². The van der Waals surface area contributed by atoms with Crippen LogP contribution in [0.4, 0.5) is 11.4 Å². The first-order valence-electron chi connectivity index (χ1n) is 15.8. The molecule has 2 heterocycles. The van der Waals surface area contributed by atoms with Gasteiger partial charge in [-0.05, 0) is 89.2 Å². The van der Waals surface area contributed by atoms with Gasteiger partial charge >= 0.3 is 0 Å². The number of allylic oxidation sites excluding steroid dienone is 1. The number of hydrogen-bond donors (Lipinski definition) is 2. The molecule has 0 saturated carbocycles. The molecule has 1 aliphatic carbocycles. The number of aryl methyl sites for hydroxylation is 1. The first kappa shape index (κ1) is 31.8. The Morgan fingerprint density at radius 2 is 1.75 bits per heavy atom. The van der Waals surface area contributed by atoms with E-state index in [9.17, 15) is 14.4 Å². The fraction of sp³-hybridized carbons (Fsp3) is 0.237. The summed E-state index contributed by atoms with van der Waals surface area (Å²) in [6.07, 6.45) is 2.45. The molecule has 2 unspecified atom stereocenters. The van der Waals surface area contributed by atoms with Crippen molar-refractivity contribution in [2.75, 3.05) is 36.6 Å². The second-order valence-electron chi connectivity index (χ2n) is 11.9. The Morgan fingerprint density at radius 3 is 2.58 bits per heavy atom. The van der Waals surface area contributed by atoms with Crippen molar-refractivity contribution >= 4 is 40.7 Å². The molecule has 244 valence electrons. The van der Waals surface area contributed by atoms with Gasteiger partial charge in [-0.1, -0.05) is 54.1 Å². The Hall–Kier alpha value is -4.80. The van der Waals surface area contributed by atoms with E-state index in [4.69, 9.17) is 30.9 Å². The highest BCUT2D eigenvalue weighted by molar-refractivity contribution is 6.37. The number of nitrogens with one attached hydrogen (secondary N) is 1. The third kappa shape index (κ3) is 6.02. The predicted octanol–water partition coefficient (Wildman–Crippen LogP) is 6.40. The minimum absolute atomic E-state index is 0.0792. The topological polar surface area (TPSA) is 114 Å². The van der Waals surface area contributed by atoms with Crippen molar-refractivity contribution in [2.45, 2.75) is 32.0 Å². The van der Waals surface area contributed by atoms with Crippen molar-refractivity contribution in [3.8, 4) is 11.1 Å². The fourth-order valence-electron chi connectivity index (χ4n) is 6.68. The highest BCUT2D eigenvalue weighted by atomic mass is 35.5. The maximum Gasteiger partial charge on any atom is 0.290 e. The number of imide groups is 1. The lowest BCUT2D eigenvalue weighted by Crippen LogP contribution is -2.31. The molecule has 0 spiro atoms. The summed E-state index contributed by atoms with van der Waals surface area (Å²) in [5.74, 6) is -1.37. The number of aliphatic hydroxyl groups excluding tert-OH is 1. The summed E-state index contributed by atoms with van der Waals surface area (Å²) in [6.45, 7) is 2.41. The molecule has 9 nitrogen and oxygen atoms in total. The molecule has 2 aliphatic heterocycles. The second-order valence-corrected chi connectivity index (χ2v) is 12.4. The van der Waals surface area contributed by atoms with Crippen LogP contribution < -0.4 is 10.2 Å². The number of carbonyl (C=O) groups is 3. The molecular formula is C38H33ClN2O7. The van der Waals surface area contributed by atoms with Crippen LogP contribution in [0.2, 0.25) is 5.02 Å². The van der Waals surface area contributed by atoms with E-state index < -0.39 is 24.0 Å². The number of amides is 3. The van der Waals surface area contributed by atoms with Crippen LogP contribution in [0.15, 0.2) is 90.7 Å². The number of benzene rings is 4. The largest absolute Gasteiger partial charge is 0.459 e. The van der Waals surface area contributed by atoms with E-state index in [-0.39, 0.29) is 43.7 Å². The van der Waals surface area contributed by atoms with Gasteiger partial charge in [0.25, 0.3) is 17.7 Å². The fourth-order valence-corrected chi connectivity index (χ4v) is 6.85. The predicted molar refractivity (Wildman–Crippen MR) is 181 cm³/mol. The van der Waals surface area contributed by atoms with E-state index in [2.05, 4.69) is 29.6 Å². The lowest BCUT2D eigenvalue weighted by molar-refractivity contribution is -0.148. The minimum Gasteiger partial charge on any atom is -0.459 e. The third-order valence-electron chi connectivity index (χ3n) is 8.88. The summed E-state index contributed by atoms with van der Waals surface area (Å²) in [7, 11) is 0. The molecule has 2 atom stereocenters. The van der Waals surface area contributed by atoms with Crippen LogP contribution in [-0.4, -0.2) is 55.5 Å². The van der Waals surface area contributed by atoms with Gasteiger partial charge < -0.3 is 24.6 Å². The molecule has 48 heavy (non-hydrogen) atoms. The summed E-state index contributed by atoms with van der Waals surface area (Å²) >= 11 is 6.08. The van der Waals surface area contributed by atoms with Crippen LogP contribution in [0.25, 0.3) is 11.1 Å². The van der Waals surface area contributed by atoms with Crippen LogP contribution >= 0.6 is 11.6 Å². The van der Waals surface area contributed by atoms with Crippen molar-refractivity contribution < 1.29 is 33.7 Å². The van der Waals surface area contributed by atoms with Crippen LogP contribution in [-0.2, 0) is 25.4 Å². The Balaban J connectivity index is 1.12. The first-order valence-corrected chi connectivity index (χ1v) is 16.2. The Morgan fingerprint density at radius 1 is 0.938 bits per heavy atom. The number of aliphatic hydroxyl groups is 1. The molecular weight excluding hydrogens is 632 g/mol. The molecule has 0 bridgehead atoms. The van der Waals surface area contributed by atoms with Gasteiger partial charge in [-0.25, -0.2) is 4.90 Å². The summed E-state index contributed by atoms with van der Waals surface area (Å²) in [4.78, 5) is 41.1. The van der Waals surface area contributed by atoms with Crippen LogP contribution in [0, 0.1) is 6.92 Å². The number of hydrogen-bond acceptors (Lipinski definition) is 7. The number of anilines is 2. The smallest absolute Gasteiger partial charge is 0.290 e. The maximum absolute atomic E-state index is 13.7. The molecule has 4 aromatic carbocycles. The van der Waals surface area contributed by atoms with Gasteiger partial charge in [0.1, 0.15) is 0 Å². The monoisotopic (exact) mass is 664 g/mol. The zero-order valence-electron chi connectivity index (χ0n) is 26.2. The normalized spacial score (nSPS) is 17.8. The molecule has 4 aromatic rings. The standard InChI is InChI=1S/C38H33ClN2O7/c1-22-17-26(10-12-33(22)41-37(44)30-11-9-25(39)21-32(30)38(41)45)40-36(43)34-19-24(20-35(48-34)47-16-15-46-14-13-42)28-7-4-8-29-27-6-3-2-5-23(27)18-31(28)29/h2-12,17,19,21,24,35,42H,13-16,18,20H2,1H3,(H,40,43). The lowest BCUT2D eigenvalue weighted by Gasteiger charge is -2.30. The van der Waals surface area contributed by atoms with Crippen LogP contribution in [0.1, 0.15) is 55.3 Å². The summed E-state index contributed by atoms with van der Waals surface area (Å²) in [5, 5.41) is 12.3. The van der Waals surface area contributed by atoms with Gasteiger partial charge in [-0.3, -0.25) is 14.4 Å². The summed E-state index contributed by atoms with van der Waals surface area (Å²) in [5.41, 5.74) is 8.09. The average molecular weight is 665 g/mol. The molecule has 10 heteroatoms. The Bertz CT molecular complexity index is 1970. The highest BCUT2D eigenvalue weighted by Crippen LogP contribution is 2.43. The van der Waals surface area contributed by atoms with Gasteiger partial charge in [0.15, 0.2) is 5.76 Å². The van der Waals surface area contributed by atoms with E-state index >= 15 is 0 Å². The van der Waals surface area contributed by atoms with Gasteiger partial charge in [-0.2, -0.15) is 0 Å². The number of fused-ring (bicyclic) bond motifs is 4. The van der Waals surface area contributed by atoms with Crippen molar-refractivity contribution in [1.29, 1.82) is 0 Å². The van der Waals surface area contributed by atoms with Crippen LogP contribution in [0.3, 0.4) is 0 Å². The molecule has 0 fully saturated rings. The number of nitrogens with zero attached hydrogens (tertiary/aromatic N) is 1. The van der Waals surface area contributed by atoms with Crippen LogP contribution in [0.5, 0.6) is 0 Å². The van der Waals surface area contributed by atoms with E-state index in [0.717, 1.165) is 16.9 Å².